The second-order valence-corrected chi connectivity index (χ2v) is 9.13. The van der Waals surface area contributed by atoms with Crippen LogP contribution in [-0.4, -0.2) is 40.4 Å². The lowest BCUT2D eigenvalue weighted by Gasteiger charge is -2.27. The lowest BCUT2D eigenvalue weighted by atomic mass is 9.94. The van der Waals surface area contributed by atoms with Gasteiger partial charge in [-0.1, -0.05) is 24.3 Å². The predicted molar refractivity (Wildman–Crippen MR) is 129 cm³/mol. The molecule has 2 aromatic carbocycles. The molecule has 7 nitrogen and oxygen atoms in total. The van der Waals surface area contributed by atoms with E-state index in [0.29, 0.717) is 28.5 Å². The molecular weight excluding hydrogens is 452 g/mol. The average Bonchev–Trinajstić information content (AvgIpc) is 3.30. The first-order valence-electron chi connectivity index (χ1n) is 10.9. The van der Waals surface area contributed by atoms with Gasteiger partial charge in [-0.15, -0.1) is 11.3 Å². The van der Waals surface area contributed by atoms with Crippen molar-refractivity contribution in [2.75, 3.05) is 13.7 Å². The lowest BCUT2D eigenvalue weighted by molar-refractivity contribution is -0.130. The van der Waals surface area contributed by atoms with Crippen molar-refractivity contribution in [3.05, 3.63) is 86.6 Å². The summed E-state index contributed by atoms with van der Waals surface area (Å²) in [6.07, 6.45) is 0. The molecule has 1 unspecified atom stereocenters. The van der Waals surface area contributed by atoms with Crippen LogP contribution in [0.3, 0.4) is 0 Å². The van der Waals surface area contributed by atoms with Gasteiger partial charge >= 0.3 is 0 Å². The summed E-state index contributed by atoms with van der Waals surface area (Å²) < 4.78 is 10.8. The first-order valence-corrected chi connectivity index (χ1v) is 11.7. The second kappa shape index (κ2) is 9.69. The fourth-order valence-corrected chi connectivity index (χ4v) is 4.97. The molecule has 0 spiro atoms. The van der Waals surface area contributed by atoms with Gasteiger partial charge in [0.25, 0.3) is 5.91 Å². The van der Waals surface area contributed by atoms with Crippen LogP contribution in [0.15, 0.2) is 59.9 Å². The summed E-state index contributed by atoms with van der Waals surface area (Å²) in [5.74, 6) is -0.108. The maximum atomic E-state index is 13.6. The van der Waals surface area contributed by atoms with Crippen LogP contribution in [0.4, 0.5) is 0 Å². The molecule has 0 radical (unpaired) electrons. The normalized spacial score (nSPS) is 15.7. The van der Waals surface area contributed by atoms with E-state index in [1.54, 1.807) is 38.3 Å². The molecule has 8 heteroatoms. The second-order valence-electron chi connectivity index (χ2n) is 7.92. The minimum absolute atomic E-state index is 0.0628. The molecule has 176 valence electrons. The molecule has 0 fully saturated rings. The zero-order valence-electron chi connectivity index (χ0n) is 19.5. The number of carbonyl (C=O) groups excluding carboxylic acids is 2. The summed E-state index contributed by atoms with van der Waals surface area (Å²) in [7, 11) is 1.57. The van der Waals surface area contributed by atoms with Crippen molar-refractivity contribution >= 4 is 23.0 Å². The molecule has 0 bridgehead atoms. The van der Waals surface area contributed by atoms with Crippen LogP contribution in [-0.2, 0) is 11.3 Å². The average molecular weight is 479 g/mol. The van der Waals surface area contributed by atoms with Crippen LogP contribution in [0, 0.1) is 13.8 Å². The van der Waals surface area contributed by atoms with E-state index in [2.05, 4.69) is 4.98 Å². The molecule has 1 amide bonds. The van der Waals surface area contributed by atoms with Crippen molar-refractivity contribution in [2.45, 2.75) is 33.4 Å². The number of thiazole rings is 1. The Morgan fingerprint density at radius 3 is 2.29 bits per heavy atom. The standard InChI is InChI=1S/C26H26N2O5S/c1-5-33-20-10-6-17(7-11-20)14-28-22(18-8-12-19(32-4)13-9-18)21(24(30)26(28)31)23(29)25-15(2)27-16(3)34-25/h6-13,22,30H,5,14H2,1-4H3. The molecule has 1 aliphatic heterocycles. The predicted octanol–water partition coefficient (Wildman–Crippen LogP) is 4.95. The number of ether oxygens (including phenoxy) is 2. The smallest absolute Gasteiger partial charge is 0.290 e. The summed E-state index contributed by atoms with van der Waals surface area (Å²) in [5, 5.41) is 11.6. The van der Waals surface area contributed by atoms with Gasteiger partial charge in [-0.05, 0) is 56.2 Å². The Balaban J connectivity index is 1.75. The molecule has 1 N–H and O–H groups in total. The number of rotatable bonds is 8. The highest BCUT2D eigenvalue weighted by molar-refractivity contribution is 7.14. The molecule has 1 aromatic heterocycles. The van der Waals surface area contributed by atoms with Gasteiger partial charge in [0.05, 0.1) is 40.9 Å². The van der Waals surface area contributed by atoms with E-state index in [1.807, 2.05) is 38.1 Å². The van der Waals surface area contributed by atoms with Crippen molar-refractivity contribution in [1.29, 1.82) is 0 Å². The third-order valence-electron chi connectivity index (χ3n) is 5.68. The first kappa shape index (κ1) is 23.5. The number of aryl methyl sites for hydroxylation is 2. The summed E-state index contributed by atoms with van der Waals surface area (Å²) in [5.41, 5.74) is 2.19. The molecule has 0 aliphatic carbocycles. The fraction of sp³-hybridized carbons (Fsp3) is 0.269. The monoisotopic (exact) mass is 478 g/mol. The topological polar surface area (TPSA) is 89.0 Å². The van der Waals surface area contributed by atoms with Crippen molar-refractivity contribution in [3.63, 3.8) is 0 Å². The van der Waals surface area contributed by atoms with E-state index in [-0.39, 0.29) is 17.9 Å². The number of aliphatic hydroxyl groups excluding tert-OH is 1. The number of benzene rings is 2. The van der Waals surface area contributed by atoms with E-state index in [4.69, 9.17) is 9.47 Å². The quantitative estimate of drug-likeness (QED) is 0.461. The van der Waals surface area contributed by atoms with Gasteiger partial charge in [-0.25, -0.2) is 4.98 Å². The van der Waals surface area contributed by atoms with Gasteiger partial charge in [0.2, 0.25) is 5.78 Å². The van der Waals surface area contributed by atoms with Gasteiger partial charge in [-0.3, -0.25) is 9.59 Å². The van der Waals surface area contributed by atoms with E-state index >= 15 is 0 Å². The molecule has 1 atom stereocenters. The van der Waals surface area contributed by atoms with Crippen LogP contribution in [0.5, 0.6) is 11.5 Å². The van der Waals surface area contributed by atoms with Gasteiger partial charge in [0, 0.05) is 6.54 Å². The SMILES string of the molecule is CCOc1ccc(CN2C(=O)C(O)=C(C(=O)c3sc(C)nc3C)C2c2ccc(OC)cc2)cc1. The minimum Gasteiger partial charge on any atom is -0.503 e. The maximum Gasteiger partial charge on any atom is 0.290 e. The van der Waals surface area contributed by atoms with Gasteiger partial charge < -0.3 is 19.5 Å². The summed E-state index contributed by atoms with van der Waals surface area (Å²) in [6, 6.07) is 13.8. The number of hydrogen-bond acceptors (Lipinski definition) is 7. The van der Waals surface area contributed by atoms with E-state index < -0.39 is 17.7 Å². The number of amides is 1. The molecule has 1 aliphatic rings. The Hall–Kier alpha value is -3.65. The van der Waals surface area contributed by atoms with Crippen LogP contribution in [0.25, 0.3) is 0 Å². The zero-order valence-corrected chi connectivity index (χ0v) is 20.3. The Kier molecular flexibility index (Phi) is 6.70. The van der Waals surface area contributed by atoms with Crippen molar-refractivity contribution in [3.8, 4) is 11.5 Å². The van der Waals surface area contributed by atoms with Crippen LogP contribution < -0.4 is 9.47 Å². The molecule has 0 saturated heterocycles. The minimum atomic E-state index is -0.751. The fourth-order valence-electron chi connectivity index (χ4n) is 4.10. The first-order chi connectivity index (χ1) is 16.3. The molecule has 4 rings (SSSR count). The number of hydrogen-bond donors (Lipinski definition) is 1. The van der Waals surface area contributed by atoms with Gasteiger partial charge in [-0.2, -0.15) is 0 Å². The summed E-state index contributed by atoms with van der Waals surface area (Å²) in [4.78, 5) is 33.1. The van der Waals surface area contributed by atoms with Crippen LogP contribution in [0.2, 0.25) is 0 Å². The Labute approximate surface area is 202 Å². The van der Waals surface area contributed by atoms with Crippen molar-refractivity contribution in [1.82, 2.24) is 9.88 Å². The number of ketones is 1. The number of methoxy groups -OCH3 is 1. The van der Waals surface area contributed by atoms with Crippen LogP contribution >= 0.6 is 11.3 Å². The number of nitrogens with zero attached hydrogens (tertiary/aromatic N) is 2. The summed E-state index contributed by atoms with van der Waals surface area (Å²) >= 11 is 1.26. The zero-order chi connectivity index (χ0) is 24.4. The number of aromatic nitrogens is 1. The number of Topliss-reactive ketones (excluding diaryl/α,β-unsaturated/α-hetero) is 1. The van der Waals surface area contributed by atoms with Crippen molar-refractivity contribution in [2.24, 2.45) is 0 Å². The molecular formula is C26H26N2O5S. The summed E-state index contributed by atoms with van der Waals surface area (Å²) in [6.45, 7) is 6.26. The highest BCUT2D eigenvalue weighted by Crippen LogP contribution is 2.41. The van der Waals surface area contributed by atoms with E-state index in [1.165, 1.54) is 16.2 Å². The van der Waals surface area contributed by atoms with Gasteiger partial charge in [0.15, 0.2) is 5.76 Å². The van der Waals surface area contributed by atoms with Gasteiger partial charge in [0.1, 0.15) is 11.5 Å². The Morgan fingerprint density at radius 2 is 1.74 bits per heavy atom. The lowest BCUT2D eigenvalue weighted by Crippen LogP contribution is -2.30. The third-order valence-corrected chi connectivity index (χ3v) is 6.75. The van der Waals surface area contributed by atoms with E-state index in [0.717, 1.165) is 16.3 Å². The van der Waals surface area contributed by atoms with Crippen LogP contribution in [0.1, 0.15) is 44.5 Å². The highest BCUT2D eigenvalue weighted by Gasteiger charge is 2.44. The molecule has 0 saturated carbocycles. The Morgan fingerprint density at radius 1 is 1.09 bits per heavy atom. The number of carbonyl (C=O) groups is 2. The largest absolute Gasteiger partial charge is 0.503 e. The maximum absolute atomic E-state index is 13.6. The molecule has 34 heavy (non-hydrogen) atoms. The molecule has 2 heterocycles. The third kappa shape index (κ3) is 4.41. The van der Waals surface area contributed by atoms with Crippen molar-refractivity contribution < 1.29 is 24.2 Å². The molecule has 3 aromatic rings. The highest BCUT2D eigenvalue weighted by atomic mass is 32.1. The number of aliphatic hydroxyl groups is 1. The Bertz CT molecular complexity index is 1250. The van der Waals surface area contributed by atoms with E-state index in [9.17, 15) is 14.7 Å².